The molecule has 2 N–H and O–H groups in total. The van der Waals surface area contributed by atoms with E-state index >= 15 is 0 Å². The number of rotatable bonds is 5. The molecule has 21 heavy (non-hydrogen) atoms. The van der Waals surface area contributed by atoms with Crippen LogP contribution in [0, 0.1) is 0 Å². The maximum atomic E-state index is 12.1. The first-order chi connectivity index (χ1) is 10.1. The minimum Gasteiger partial charge on any atom is -0.468 e. The summed E-state index contributed by atoms with van der Waals surface area (Å²) in [5, 5.41) is 5.25. The van der Waals surface area contributed by atoms with Crippen molar-refractivity contribution in [2.45, 2.75) is 51.2 Å². The Morgan fingerprint density at radius 3 is 2.76 bits per heavy atom. The Bertz CT molecular complexity index is 467. The molecule has 1 aliphatic carbocycles. The largest absolute Gasteiger partial charge is 0.468 e. The van der Waals surface area contributed by atoms with Gasteiger partial charge in [0.25, 0.3) is 0 Å². The summed E-state index contributed by atoms with van der Waals surface area (Å²) >= 11 is 0. The summed E-state index contributed by atoms with van der Waals surface area (Å²) in [6.45, 7) is 2.28. The summed E-state index contributed by atoms with van der Waals surface area (Å²) in [5.41, 5.74) is 0. The summed E-state index contributed by atoms with van der Waals surface area (Å²) in [7, 11) is 1.82. The summed E-state index contributed by atoms with van der Waals surface area (Å²) in [5.74, 6) is 0.479. The number of hydrogen-bond donors (Lipinski definition) is 2. The quantitative estimate of drug-likeness (QED) is 0.869. The average molecular weight is 293 g/mol. The van der Waals surface area contributed by atoms with E-state index in [1.807, 2.05) is 24.1 Å². The summed E-state index contributed by atoms with van der Waals surface area (Å²) < 4.78 is 5.25. The first-order valence-electron chi connectivity index (χ1n) is 7.40. The van der Waals surface area contributed by atoms with E-state index < -0.39 is 12.1 Å². The van der Waals surface area contributed by atoms with Crippen LogP contribution in [-0.4, -0.2) is 36.0 Å². The first-order valence-corrected chi connectivity index (χ1v) is 7.40. The number of amides is 3. The number of furan rings is 1. The molecule has 0 aliphatic heterocycles. The molecule has 1 aromatic heterocycles. The van der Waals surface area contributed by atoms with Crippen molar-refractivity contribution in [1.29, 1.82) is 0 Å². The number of imide groups is 1. The molecule has 0 bridgehead atoms. The monoisotopic (exact) mass is 293 g/mol. The molecule has 0 spiro atoms. The van der Waals surface area contributed by atoms with E-state index in [1.165, 1.54) is 0 Å². The number of carbonyl (C=O) groups excluding carboxylic acids is 2. The molecule has 1 saturated carbocycles. The van der Waals surface area contributed by atoms with Crippen LogP contribution in [0.2, 0.25) is 0 Å². The topological polar surface area (TPSA) is 74.6 Å². The zero-order valence-corrected chi connectivity index (χ0v) is 12.6. The fraction of sp³-hybridized carbons (Fsp3) is 0.600. The number of likely N-dealkylation sites (N-methyl/N-ethyl adjacent to an activating group) is 1. The molecule has 0 unspecified atom stereocenters. The first kappa shape index (κ1) is 15.6. The Hall–Kier alpha value is -1.82. The summed E-state index contributed by atoms with van der Waals surface area (Å²) in [6, 6.07) is 3.06. The van der Waals surface area contributed by atoms with E-state index in [0.29, 0.717) is 6.54 Å². The molecule has 6 nitrogen and oxygen atoms in total. The highest BCUT2D eigenvalue weighted by atomic mass is 16.3. The maximum Gasteiger partial charge on any atom is 0.321 e. The zero-order chi connectivity index (χ0) is 15.2. The van der Waals surface area contributed by atoms with Crippen molar-refractivity contribution in [2.75, 3.05) is 7.05 Å². The van der Waals surface area contributed by atoms with Crippen molar-refractivity contribution in [1.82, 2.24) is 15.5 Å². The lowest BCUT2D eigenvalue weighted by Gasteiger charge is -2.23. The SMILES string of the molecule is C[C@@H](C(=O)NC(=O)NC1CCCC1)N(C)Cc1ccco1. The molecule has 1 aliphatic rings. The van der Waals surface area contributed by atoms with Crippen molar-refractivity contribution < 1.29 is 14.0 Å². The van der Waals surface area contributed by atoms with Gasteiger partial charge in [0.15, 0.2) is 0 Å². The van der Waals surface area contributed by atoms with Crippen LogP contribution in [0.5, 0.6) is 0 Å². The molecule has 0 saturated heterocycles. The molecule has 0 radical (unpaired) electrons. The average Bonchev–Trinajstić information content (AvgIpc) is 3.11. The van der Waals surface area contributed by atoms with Crippen LogP contribution >= 0.6 is 0 Å². The number of urea groups is 1. The number of nitrogens with one attached hydrogen (secondary N) is 2. The molecule has 116 valence electrons. The molecule has 1 heterocycles. The third-order valence-corrected chi connectivity index (χ3v) is 3.95. The van der Waals surface area contributed by atoms with E-state index in [1.54, 1.807) is 13.2 Å². The predicted octanol–water partition coefficient (Wildman–Crippen LogP) is 1.87. The highest BCUT2D eigenvalue weighted by Crippen LogP contribution is 2.17. The van der Waals surface area contributed by atoms with Gasteiger partial charge in [-0.1, -0.05) is 12.8 Å². The van der Waals surface area contributed by atoms with Gasteiger partial charge in [-0.05, 0) is 38.9 Å². The van der Waals surface area contributed by atoms with Crippen LogP contribution in [0.15, 0.2) is 22.8 Å². The Morgan fingerprint density at radius 1 is 1.43 bits per heavy atom. The van der Waals surface area contributed by atoms with Crippen LogP contribution < -0.4 is 10.6 Å². The smallest absolute Gasteiger partial charge is 0.321 e. The lowest BCUT2D eigenvalue weighted by atomic mass is 10.2. The van der Waals surface area contributed by atoms with Crippen molar-refractivity contribution >= 4 is 11.9 Å². The highest BCUT2D eigenvalue weighted by Gasteiger charge is 2.23. The van der Waals surface area contributed by atoms with Crippen molar-refractivity contribution in [2.24, 2.45) is 0 Å². The van der Waals surface area contributed by atoms with Crippen LogP contribution in [-0.2, 0) is 11.3 Å². The molecular formula is C15H23N3O3. The molecule has 0 aromatic carbocycles. The van der Waals surface area contributed by atoms with Gasteiger partial charge in [0.05, 0.1) is 18.8 Å². The highest BCUT2D eigenvalue weighted by molar-refractivity contribution is 5.96. The molecule has 1 atom stereocenters. The maximum absolute atomic E-state index is 12.1. The van der Waals surface area contributed by atoms with E-state index in [9.17, 15) is 9.59 Å². The van der Waals surface area contributed by atoms with Crippen LogP contribution in [0.25, 0.3) is 0 Å². The van der Waals surface area contributed by atoms with Crippen molar-refractivity contribution in [3.8, 4) is 0 Å². The predicted molar refractivity (Wildman–Crippen MR) is 78.6 cm³/mol. The van der Waals surface area contributed by atoms with Crippen LogP contribution in [0.3, 0.4) is 0 Å². The Labute approximate surface area is 124 Å². The zero-order valence-electron chi connectivity index (χ0n) is 12.6. The second-order valence-corrected chi connectivity index (χ2v) is 5.61. The lowest BCUT2D eigenvalue weighted by molar-refractivity contribution is -0.124. The van der Waals surface area contributed by atoms with Gasteiger partial charge in [0.2, 0.25) is 5.91 Å². The van der Waals surface area contributed by atoms with Crippen LogP contribution in [0.4, 0.5) is 4.79 Å². The third kappa shape index (κ3) is 4.60. The minimum absolute atomic E-state index is 0.203. The van der Waals surface area contributed by atoms with Crippen LogP contribution in [0.1, 0.15) is 38.4 Å². The molecule has 6 heteroatoms. The van der Waals surface area contributed by atoms with Gasteiger partial charge in [0.1, 0.15) is 5.76 Å². The fourth-order valence-electron chi connectivity index (χ4n) is 2.49. The fourth-order valence-corrected chi connectivity index (χ4v) is 2.49. The molecule has 1 aromatic rings. The minimum atomic E-state index is -0.413. The normalized spacial score (nSPS) is 16.9. The van der Waals surface area contributed by atoms with Gasteiger partial charge >= 0.3 is 6.03 Å². The molecule has 3 amide bonds. The van der Waals surface area contributed by atoms with Gasteiger partial charge < -0.3 is 9.73 Å². The van der Waals surface area contributed by atoms with Gasteiger partial charge in [-0.2, -0.15) is 0 Å². The second-order valence-electron chi connectivity index (χ2n) is 5.61. The van der Waals surface area contributed by atoms with E-state index in [2.05, 4.69) is 10.6 Å². The van der Waals surface area contributed by atoms with E-state index in [0.717, 1.165) is 31.4 Å². The Kier molecular flexibility index (Phi) is 5.38. The number of nitrogens with zero attached hydrogens (tertiary/aromatic N) is 1. The van der Waals surface area contributed by atoms with Gasteiger partial charge in [-0.15, -0.1) is 0 Å². The van der Waals surface area contributed by atoms with Gasteiger partial charge in [-0.3, -0.25) is 15.0 Å². The Balaban J connectivity index is 1.76. The lowest BCUT2D eigenvalue weighted by Crippen LogP contribution is -2.50. The summed E-state index contributed by atoms with van der Waals surface area (Å²) in [4.78, 5) is 25.7. The standard InChI is InChI=1S/C15H23N3O3/c1-11(18(2)10-13-8-5-9-21-13)14(19)17-15(20)16-12-6-3-4-7-12/h5,8-9,11-12H,3-4,6-7,10H2,1-2H3,(H2,16,17,19,20)/t11-/m0/s1. The van der Waals surface area contributed by atoms with E-state index in [4.69, 9.17) is 4.42 Å². The Morgan fingerprint density at radius 2 is 2.14 bits per heavy atom. The van der Waals surface area contributed by atoms with Gasteiger partial charge in [0, 0.05) is 6.04 Å². The third-order valence-electron chi connectivity index (χ3n) is 3.95. The van der Waals surface area contributed by atoms with Crippen molar-refractivity contribution in [3.05, 3.63) is 24.2 Å². The number of carbonyl (C=O) groups is 2. The second kappa shape index (κ2) is 7.26. The van der Waals surface area contributed by atoms with Gasteiger partial charge in [-0.25, -0.2) is 4.79 Å². The molecule has 2 rings (SSSR count). The van der Waals surface area contributed by atoms with Crippen molar-refractivity contribution in [3.63, 3.8) is 0 Å². The number of hydrogen-bond acceptors (Lipinski definition) is 4. The molecular weight excluding hydrogens is 270 g/mol. The van der Waals surface area contributed by atoms with E-state index in [-0.39, 0.29) is 11.9 Å². The summed E-state index contributed by atoms with van der Waals surface area (Å²) in [6.07, 6.45) is 5.87. The molecule has 1 fully saturated rings.